The number of carbonyl (C=O) groups is 2. The summed E-state index contributed by atoms with van der Waals surface area (Å²) in [5.74, 6) is 0.613. The fourth-order valence-electron chi connectivity index (χ4n) is 4.15. The van der Waals surface area contributed by atoms with Gasteiger partial charge in [0.1, 0.15) is 0 Å². The van der Waals surface area contributed by atoms with Crippen LogP contribution in [-0.2, 0) is 4.79 Å². The lowest BCUT2D eigenvalue weighted by Crippen LogP contribution is -2.55. The van der Waals surface area contributed by atoms with Crippen molar-refractivity contribution in [3.05, 3.63) is 34.3 Å². The number of carbonyl (C=O) groups excluding carboxylic acids is 2. The number of fused-ring (bicyclic) bond motifs is 2. The molecule has 0 aliphatic heterocycles. The Balaban J connectivity index is 1.51. The Labute approximate surface area is 150 Å². The molecule has 2 saturated carbocycles. The summed E-state index contributed by atoms with van der Waals surface area (Å²) in [6.45, 7) is 0.00728. The van der Waals surface area contributed by atoms with E-state index in [0.717, 1.165) is 30.2 Å². The minimum Gasteiger partial charge on any atom is -0.351 e. The normalized spacial score (nSPS) is 28.9. The molecule has 24 heavy (non-hydrogen) atoms. The first kappa shape index (κ1) is 17.4. The van der Waals surface area contributed by atoms with E-state index in [0.29, 0.717) is 17.4 Å². The molecule has 1 aromatic carbocycles. The minimum absolute atomic E-state index is 0.00728. The molecule has 2 aliphatic rings. The van der Waals surface area contributed by atoms with Crippen molar-refractivity contribution in [3.8, 4) is 0 Å². The third-order valence-electron chi connectivity index (χ3n) is 5.20. The first-order valence-corrected chi connectivity index (χ1v) is 9.41. The number of hydrogen-bond acceptors (Lipinski definition) is 3. The Bertz CT molecular complexity index is 608. The first-order valence-electron chi connectivity index (χ1n) is 8.61. The van der Waals surface area contributed by atoms with E-state index < -0.39 is 0 Å². The van der Waals surface area contributed by atoms with Crippen molar-refractivity contribution in [2.24, 2.45) is 17.6 Å². The van der Waals surface area contributed by atoms with E-state index in [-0.39, 0.29) is 30.4 Å². The highest BCUT2D eigenvalue weighted by molar-refractivity contribution is 9.10. The maximum atomic E-state index is 12.3. The molecular weight excluding hydrogens is 370 g/mol. The molecule has 0 spiro atoms. The molecular formula is C18H24BrN3O2. The standard InChI is InChI=1S/C18H24BrN3O2/c19-14-6-2-5-13(7-14)18(24)21-10-16(23)22-17-11-3-1-4-12(17)9-15(20)8-11/h2,5-7,11-12,15,17H,1,3-4,8-10,20H2,(H,21,24)(H,22,23). The number of amides is 2. The van der Waals surface area contributed by atoms with Gasteiger partial charge in [0, 0.05) is 22.1 Å². The maximum absolute atomic E-state index is 12.3. The maximum Gasteiger partial charge on any atom is 0.251 e. The van der Waals surface area contributed by atoms with Crippen molar-refractivity contribution in [2.75, 3.05) is 6.54 Å². The largest absolute Gasteiger partial charge is 0.351 e. The second-order valence-corrected chi connectivity index (χ2v) is 7.88. The molecule has 1 aromatic rings. The average molecular weight is 394 g/mol. The van der Waals surface area contributed by atoms with E-state index in [1.807, 2.05) is 6.07 Å². The summed E-state index contributed by atoms with van der Waals surface area (Å²) in [6, 6.07) is 7.60. The lowest BCUT2D eigenvalue weighted by atomic mass is 9.67. The van der Waals surface area contributed by atoms with Gasteiger partial charge in [0.25, 0.3) is 5.91 Å². The summed E-state index contributed by atoms with van der Waals surface area (Å²) in [5.41, 5.74) is 6.66. The van der Waals surface area contributed by atoms with Crippen molar-refractivity contribution < 1.29 is 9.59 Å². The van der Waals surface area contributed by atoms with Crippen LogP contribution in [0, 0.1) is 11.8 Å². The van der Waals surface area contributed by atoms with Gasteiger partial charge >= 0.3 is 0 Å². The van der Waals surface area contributed by atoms with Crippen molar-refractivity contribution >= 4 is 27.7 Å². The van der Waals surface area contributed by atoms with E-state index in [9.17, 15) is 9.59 Å². The van der Waals surface area contributed by atoms with Crippen LogP contribution >= 0.6 is 15.9 Å². The number of hydrogen-bond donors (Lipinski definition) is 3. The Morgan fingerprint density at radius 3 is 2.58 bits per heavy atom. The summed E-state index contributed by atoms with van der Waals surface area (Å²) in [4.78, 5) is 24.4. The molecule has 2 amide bonds. The van der Waals surface area contributed by atoms with Gasteiger partial charge in [-0.3, -0.25) is 9.59 Å². The van der Waals surface area contributed by atoms with Crippen LogP contribution in [0.2, 0.25) is 0 Å². The molecule has 0 aromatic heterocycles. The highest BCUT2D eigenvalue weighted by Gasteiger charge is 2.39. The molecule has 6 heteroatoms. The summed E-state index contributed by atoms with van der Waals surface area (Å²) >= 11 is 3.34. The molecule has 2 fully saturated rings. The number of halogens is 1. The molecule has 0 heterocycles. The van der Waals surface area contributed by atoms with Crippen molar-refractivity contribution in [1.82, 2.24) is 10.6 Å². The molecule has 2 atom stereocenters. The number of rotatable bonds is 4. The fourth-order valence-corrected chi connectivity index (χ4v) is 4.55. The lowest BCUT2D eigenvalue weighted by molar-refractivity contribution is -0.122. The van der Waals surface area contributed by atoms with Gasteiger partial charge in [-0.1, -0.05) is 28.4 Å². The van der Waals surface area contributed by atoms with Gasteiger partial charge in [-0.2, -0.15) is 0 Å². The van der Waals surface area contributed by atoms with Gasteiger partial charge in [-0.15, -0.1) is 0 Å². The van der Waals surface area contributed by atoms with Crippen molar-refractivity contribution in [2.45, 2.75) is 44.2 Å². The Hall–Kier alpha value is -1.40. The average Bonchev–Trinajstić information content (AvgIpc) is 2.53. The first-order chi connectivity index (χ1) is 11.5. The van der Waals surface area contributed by atoms with Crippen molar-refractivity contribution in [3.63, 3.8) is 0 Å². The van der Waals surface area contributed by atoms with E-state index in [1.54, 1.807) is 18.2 Å². The topological polar surface area (TPSA) is 84.2 Å². The van der Waals surface area contributed by atoms with Crippen LogP contribution in [0.5, 0.6) is 0 Å². The van der Waals surface area contributed by atoms with Gasteiger partial charge in [0.15, 0.2) is 0 Å². The molecule has 0 saturated heterocycles. The van der Waals surface area contributed by atoms with Gasteiger partial charge in [-0.05, 0) is 55.7 Å². The van der Waals surface area contributed by atoms with Crippen molar-refractivity contribution in [1.29, 1.82) is 0 Å². The predicted molar refractivity (Wildman–Crippen MR) is 96.4 cm³/mol. The second kappa shape index (κ2) is 7.66. The molecule has 130 valence electrons. The molecule has 2 unspecified atom stereocenters. The zero-order valence-electron chi connectivity index (χ0n) is 13.6. The number of nitrogens with two attached hydrogens (primary N) is 1. The fraction of sp³-hybridized carbons (Fsp3) is 0.556. The predicted octanol–water partition coefficient (Wildman–Crippen LogP) is 2.20. The summed E-state index contributed by atoms with van der Waals surface area (Å²) < 4.78 is 0.839. The SMILES string of the molecule is NC1CC2CCCC(C1)C2NC(=O)CNC(=O)c1cccc(Br)c1. The third kappa shape index (κ3) is 4.16. The van der Waals surface area contributed by atoms with Crippen LogP contribution in [0.15, 0.2) is 28.7 Å². The van der Waals surface area contributed by atoms with Gasteiger partial charge in [-0.25, -0.2) is 0 Å². The number of benzene rings is 1. The van der Waals surface area contributed by atoms with Crippen LogP contribution in [-0.4, -0.2) is 30.4 Å². The summed E-state index contributed by atoms with van der Waals surface area (Å²) in [6.07, 6.45) is 5.49. The third-order valence-corrected chi connectivity index (χ3v) is 5.69. The van der Waals surface area contributed by atoms with Crippen LogP contribution < -0.4 is 16.4 Å². The van der Waals surface area contributed by atoms with Gasteiger partial charge in [0.2, 0.25) is 5.91 Å². The van der Waals surface area contributed by atoms with E-state index in [1.165, 1.54) is 6.42 Å². The monoisotopic (exact) mass is 393 g/mol. The minimum atomic E-state index is -0.239. The molecule has 4 N–H and O–H groups in total. The summed E-state index contributed by atoms with van der Waals surface area (Å²) in [7, 11) is 0. The lowest BCUT2D eigenvalue weighted by Gasteiger charge is -2.45. The highest BCUT2D eigenvalue weighted by Crippen LogP contribution is 2.39. The smallest absolute Gasteiger partial charge is 0.251 e. The van der Waals surface area contributed by atoms with Gasteiger partial charge in [0.05, 0.1) is 6.54 Å². The van der Waals surface area contributed by atoms with Crippen LogP contribution in [0.4, 0.5) is 0 Å². The number of nitrogens with one attached hydrogen (secondary N) is 2. The Morgan fingerprint density at radius 1 is 1.21 bits per heavy atom. The molecule has 3 rings (SSSR count). The Kier molecular flexibility index (Phi) is 5.56. The Morgan fingerprint density at radius 2 is 1.92 bits per heavy atom. The highest BCUT2D eigenvalue weighted by atomic mass is 79.9. The molecule has 5 nitrogen and oxygen atoms in total. The van der Waals surface area contributed by atoms with E-state index in [4.69, 9.17) is 5.73 Å². The molecule has 0 radical (unpaired) electrons. The quantitative estimate of drug-likeness (QED) is 0.732. The molecule has 2 aliphatic carbocycles. The van der Waals surface area contributed by atoms with Crippen LogP contribution in [0.3, 0.4) is 0 Å². The van der Waals surface area contributed by atoms with E-state index >= 15 is 0 Å². The molecule has 2 bridgehead atoms. The van der Waals surface area contributed by atoms with Crippen LogP contribution in [0.25, 0.3) is 0 Å². The zero-order valence-corrected chi connectivity index (χ0v) is 15.2. The zero-order chi connectivity index (χ0) is 17.1. The van der Waals surface area contributed by atoms with Gasteiger partial charge < -0.3 is 16.4 Å². The second-order valence-electron chi connectivity index (χ2n) is 6.97. The summed E-state index contributed by atoms with van der Waals surface area (Å²) in [5, 5.41) is 5.83. The van der Waals surface area contributed by atoms with E-state index in [2.05, 4.69) is 26.6 Å². The van der Waals surface area contributed by atoms with Crippen LogP contribution in [0.1, 0.15) is 42.5 Å².